The summed E-state index contributed by atoms with van der Waals surface area (Å²) in [5.74, 6) is -0.182. The third kappa shape index (κ3) is 4.56. The molecular weight excluding hydrogens is 368 g/mol. The summed E-state index contributed by atoms with van der Waals surface area (Å²) in [5, 5.41) is 13.7. The van der Waals surface area contributed by atoms with Gasteiger partial charge in [-0.2, -0.15) is 0 Å². The third-order valence-electron chi connectivity index (χ3n) is 4.78. The lowest BCUT2D eigenvalue weighted by atomic mass is 10.2. The number of nitrogens with zero attached hydrogens (tertiary/aromatic N) is 3. The molecule has 27 heavy (non-hydrogen) atoms. The minimum atomic E-state index is -0.522. The van der Waals surface area contributed by atoms with Gasteiger partial charge in [0.2, 0.25) is 5.91 Å². The van der Waals surface area contributed by atoms with Gasteiger partial charge in [-0.15, -0.1) is 0 Å². The molecule has 0 aromatic heterocycles. The standard InChI is InChI=1S/C19H21ClN4O3/c1-14(19(25)21-18-8-7-16(24(26)27)13-17(18)20)22-9-11-23(12-10-22)15-5-3-2-4-6-15/h2-8,13-14H,9-12H2,1H3,(H,21,25)/t14-/m1/s1. The van der Waals surface area contributed by atoms with Crippen molar-refractivity contribution in [2.45, 2.75) is 13.0 Å². The minimum absolute atomic E-state index is 0.108. The number of nitro benzene ring substituents is 1. The number of amides is 1. The fourth-order valence-corrected chi connectivity index (χ4v) is 3.35. The van der Waals surface area contributed by atoms with E-state index in [1.165, 1.54) is 23.9 Å². The molecule has 1 N–H and O–H groups in total. The van der Waals surface area contributed by atoms with Crippen molar-refractivity contribution in [1.82, 2.24) is 4.90 Å². The Morgan fingerprint density at radius 2 is 1.81 bits per heavy atom. The predicted octanol–water partition coefficient (Wildman–Crippen LogP) is 3.40. The largest absolute Gasteiger partial charge is 0.369 e. The van der Waals surface area contributed by atoms with E-state index in [-0.39, 0.29) is 22.7 Å². The van der Waals surface area contributed by atoms with E-state index >= 15 is 0 Å². The van der Waals surface area contributed by atoms with Crippen LogP contribution in [0.15, 0.2) is 48.5 Å². The quantitative estimate of drug-likeness (QED) is 0.627. The van der Waals surface area contributed by atoms with Crippen LogP contribution in [-0.4, -0.2) is 48.0 Å². The number of carbonyl (C=O) groups is 1. The highest BCUT2D eigenvalue weighted by Crippen LogP contribution is 2.27. The lowest BCUT2D eigenvalue weighted by Crippen LogP contribution is -2.52. The van der Waals surface area contributed by atoms with Crippen molar-refractivity contribution in [3.63, 3.8) is 0 Å². The molecule has 1 saturated heterocycles. The van der Waals surface area contributed by atoms with E-state index in [1.54, 1.807) is 0 Å². The summed E-state index contributed by atoms with van der Waals surface area (Å²) in [6, 6.07) is 13.9. The van der Waals surface area contributed by atoms with Crippen molar-refractivity contribution < 1.29 is 9.72 Å². The molecule has 2 aromatic rings. The van der Waals surface area contributed by atoms with Crippen molar-refractivity contribution >= 4 is 34.6 Å². The Morgan fingerprint density at radius 1 is 1.15 bits per heavy atom. The first-order chi connectivity index (χ1) is 13.0. The van der Waals surface area contributed by atoms with E-state index in [0.717, 1.165) is 26.2 Å². The highest BCUT2D eigenvalue weighted by Gasteiger charge is 2.26. The van der Waals surface area contributed by atoms with Crippen LogP contribution < -0.4 is 10.2 Å². The molecule has 0 aliphatic carbocycles. The first-order valence-electron chi connectivity index (χ1n) is 8.74. The predicted molar refractivity (Wildman–Crippen MR) is 106 cm³/mol. The maximum Gasteiger partial charge on any atom is 0.271 e. The minimum Gasteiger partial charge on any atom is -0.369 e. The van der Waals surface area contributed by atoms with E-state index in [0.29, 0.717) is 5.69 Å². The second-order valence-electron chi connectivity index (χ2n) is 6.45. The topological polar surface area (TPSA) is 78.7 Å². The van der Waals surface area contributed by atoms with Crippen molar-refractivity contribution in [2.75, 3.05) is 36.4 Å². The van der Waals surface area contributed by atoms with Crippen LogP contribution in [0.5, 0.6) is 0 Å². The van der Waals surface area contributed by atoms with Gasteiger partial charge in [-0.1, -0.05) is 29.8 Å². The number of hydrogen-bond acceptors (Lipinski definition) is 5. The Hall–Kier alpha value is -2.64. The molecule has 1 heterocycles. The molecule has 7 nitrogen and oxygen atoms in total. The molecule has 3 rings (SSSR count). The Balaban J connectivity index is 1.57. The number of non-ortho nitro benzene ring substituents is 1. The van der Waals surface area contributed by atoms with Crippen molar-refractivity contribution in [1.29, 1.82) is 0 Å². The Labute approximate surface area is 162 Å². The van der Waals surface area contributed by atoms with Crippen molar-refractivity contribution in [3.05, 3.63) is 63.7 Å². The molecule has 1 fully saturated rings. The first kappa shape index (κ1) is 19.1. The molecule has 0 radical (unpaired) electrons. The number of carbonyl (C=O) groups excluding carboxylic acids is 1. The van der Waals surface area contributed by atoms with Crippen LogP contribution in [0.1, 0.15) is 6.92 Å². The number of nitro groups is 1. The van der Waals surface area contributed by atoms with Gasteiger partial charge in [-0.25, -0.2) is 0 Å². The van der Waals surface area contributed by atoms with Crippen LogP contribution in [0.3, 0.4) is 0 Å². The molecule has 2 aromatic carbocycles. The summed E-state index contributed by atoms with van der Waals surface area (Å²) in [4.78, 5) is 27.3. The van der Waals surface area contributed by atoms with Gasteiger partial charge in [-0.05, 0) is 25.1 Å². The number of rotatable bonds is 5. The molecule has 1 amide bonds. The maximum absolute atomic E-state index is 12.6. The molecule has 0 spiro atoms. The van der Waals surface area contributed by atoms with Gasteiger partial charge in [-0.3, -0.25) is 19.8 Å². The zero-order valence-corrected chi connectivity index (χ0v) is 15.7. The zero-order valence-electron chi connectivity index (χ0n) is 15.0. The molecule has 0 unspecified atom stereocenters. The van der Waals surface area contributed by atoms with Gasteiger partial charge in [0.15, 0.2) is 0 Å². The average molecular weight is 389 g/mol. The van der Waals surface area contributed by atoms with Crippen LogP contribution >= 0.6 is 11.6 Å². The van der Waals surface area contributed by atoms with Crippen molar-refractivity contribution in [2.24, 2.45) is 0 Å². The lowest BCUT2D eigenvalue weighted by Gasteiger charge is -2.38. The number of nitrogens with one attached hydrogen (secondary N) is 1. The number of piperazine rings is 1. The van der Waals surface area contributed by atoms with E-state index < -0.39 is 4.92 Å². The third-order valence-corrected chi connectivity index (χ3v) is 5.10. The summed E-state index contributed by atoms with van der Waals surface area (Å²) in [6.07, 6.45) is 0. The second kappa shape index (κ2) is 8.37. The van der Waals surface area contributed by atoms with Gasteiger partial charge >= 0.3 is 0 Å². The van der Waals surface area contributed by atoms with Crippen LogP contribution in [0.4, 0.5) is 17.1 Å². The Morgan fingerprint density at radius 3 is 2.41 bits per heavy atom. The van der Waals surface area contributed by atoms with E-state index in [2.05, 4.69) is 27.2 Å². The summed E-state index contributed by atoms with van der Waals surface area (Å²) in [7, 11) is 0. The van der Waals surface area contributed by atoms with Gasteiger partial charge in [0.05, 0.1) is 21.7 Å². The van der Waals surface area contributed by atoms with Crippen LogP contribution in [0, 0.1) is 10.1 Å². The van der Waals surface area contributed by atoms with Gasteiger partial charge in [0.25, 0.3) is 5.69 Å². The summed E-state index contributed by atoms with van der Waals surface area (Å²) in [5.41, 5.74) is 1.46. The number of hydrogen-bond donors (Lipinski definition) is 1. The SMILES string of the molecule is C[C@H](C(=O)Nc1ccc([N+](=O)[O-])cc1Cl)N1CCN(c2ccccc2)CC1. The molecule has 8 heteroatoms. The normalized spacial score (nSPS) is 16.0. The van der Waals surface area contributed by atoms with Gasteiger partial charge in [0.1, 0.15) is 0 Å². The Kier molecular flexibility index (Phi) is 5.93. The summed E-state index contributed by atoms with van der Waals surface area (Å²) < 4.78 is 0. The van der Waals surface area contributed by atoms with Crippen LogP contribution in [0.25, 0.3) is 0 Å². The average Bonchev–Trinajstić information content (AvgIpc) is 2.69. The maximum atomic E-state index is 12.6. The van der Waals surface area contributed by atoms with E-state index in [9.17, 15) is 14.9 Å². The number of halogens is 1. The highest BCUT2D eigenvalue weighted by molar-refractivity contribution is 6.34. The second-order valence-corrected chi connectivity index (χ2v) is 6.85. The van der Waals surface area contributed by atoms with E-state index in [1.807, 2.05) is 25.1 Å². The zero-order chi connectivity index (χ0) is 19.4. The van der Waals surface area contributed by atoms with E-state index in [4.69, 9.17) is 11.6 Å². The monoisotopic (exact) mass is 388 g/mol. The number of anilines is 2. The Bertz CT molecular complexity index is 823. The number of benzene rings is 2. The fraction of sp³-hybridized carbons (Fsp3) is 0.316. The fourth-order valence-electron chi connectivity index (χ4n) is 3.13. The van der Waals surface area contributed by atoms with Gasteiger partial charge < -0.3 is 10.2 Å². The molecule has 1 atom stereocenters. The molecule has 142 valence electrons. The molecule has 0 bridgehead atoms. The molecular formula is C19H21ClN4O3. The van der Waals surface area contributed by atoms with Crippen molar-refractivity contribution in [3.8, 4) is 0 Å². The molecule has 1 aliphatic heterocycles. The first-order valence-corrected chi connectivity index (χ1v) is 9.12. The molecule has 0 saturated carbocycles. The number of para-hydroxylation sites is 1. The summed E-state index contributed by atoms with van der Waals surface area (Å²) >= 11 is 6.06. The van der Waals surface area contributed by atoms with Gasteiger partial charge in [0, 0.05) is 44.0 Å². The molecule has 1 aliphatic rings. The lowest BCUT2D eigenvalue weighted by molar-refractivity contribution is -0.384. The van der Waals surface area contributed by atoms with Crippen LogP contribution in [0.2, 0.25) is 5.02 Å². The summed E-state index contributed by atoms with van der Waals surface area (Å²) in [6.45, 7) is 5.10. The van der Waals surface area contributed by atoms with Crippen LogP contribution in [-0.2, 0) is 4.79 Å². The smallest absolute Gasteiger partial charge is 0.271 e. The highest BCUT2D eigenvalue weighted by atomic mass is 35.5.